The third-order valence-corrected chi connectivity index (χ3v) is 3.03. The zero-order valence-electron chi connectivity index (χ0n) is 8.68. The van der Waals surface area contributed by atoms with E-state index in [9.17, 15) is 4.79 Å². The Kier molecular flexibility index (Phi) is 5.55. The van der Waals surface area contributed by atoms with Crippen molar-refractivity contribution < 1.29 is 4.79 Å². The predicted octanol–water partition coefficient (Wildman–Crippen LogP) is 2.14. The van der Waals surface area contributed by atoms with Crippen LogP contribution in [0.1, 0.15) is 10.4 Å². The van der Waals surface area contributed by atoms with Crippen LogP contribution in [0.2, 0.25) is 0 Å². The molecule has 0 spiro atoms. The van der Waals surface area contributed by atoms with E-state index < -0.39 is 0 Å². The highest BCUT2D eigenvalue weighted by molar-refractivity contribution is 8.93. The van der Waals surface area contributed by atoms with Gasteiger partial charge in [0.2, 0.25) is 0 Å². The SMILES string of the molecule is Br.O=C(CSC1=NCCN1)c1ccccc1. The van der Waals surface area contributed by atoms with Gasteiger partial charge in [-0.05, 0) is 0 Å². The van der Waals surface area contributed by atoms with E-state index in [-0.39, 0.29) is 22.8 Å². The van der Waals surface area contributed by atoms with E-state index in [0.29, 0.717) is 5.75 Å². The number of carbonyl (C=O) groups excluding carboxylic acids is 1. The molecule has 1 aliphatic rings. The van der Waals surface area contributed by atoms with Crippen LogP contribution in [0.5, 0.6) is 0 Å². The number of halogens is 1. The second-order valence-electron chi connectivity index (χ2n) is 3.19. The molecule has 0 aromatic heterocycles. The first-order valence-electron chi connectivity index (χ1n) is 4.85. The molecule has 3 nitrogen and oxygen atoms in total. The Morgan fingerprint density at radius 1 is 1.38 bits per heavy atom. The number of nitrogens with zero attached hydrogens (tertiary/aromatic N) is 1. The fourth-order valence-corrected chi connectivity index (χ4v) is 2.14. The molecule has 0 saturated carbocycles. The summed E-state index contributed by atoms with van der Waals surface area (Å²) in [6.45, 7) is 1.71. The lowest BCUT2D eigenvalue weighted by atomic mass is 10.2. The number of ketones is 1. The molecule has 0 radical (unpaired) electrons. The molecular weight excluding hydrogens is 288 g/mol. The number of benzene rings is 1. The summed E-state index contributed by atoms with van der Waals surface area (Å²) in [6.07, 6.45) is 0. The van der Waals surface area contributed by atoms with Crippen LogP contribution >= 0.6 is 28.7 Å². The van der Waals surface area contributed by atoms with Gasteiger partial charge in [0.1, 0.15) is 0 Å². The van der Waals surface area contributed by atoms with E-state index in [2.05, 4.69) is 10.3 Å². The van der Waals surface area contributed by atoms with E-state index in [1.54, 1.807) is 0 Å². The van der Waals surface area contributed by atoms with E-state index >= 15 is 0 Å². The van der Waals surface area contributed by atoms with Gasteiger partial charge < -0.3 is 5.32 Å². The number of amidine groups is 1. The summed E-state index contributed by atoms with van der Waals surface area (Å²) in [7, 11) is 0. The first-order valence-corrected chi connectivity index (χ1v) is 5.84. The van der Waals surface area contributed by atoms with Crippen molar-refractivity contribution in [3.8, 4) is 0 Å². The summed E-state index contributed by atoms with van der Waals surface area (Å²) >= 11 is 1.48. The van der Waals surface area contributed by atoms with Crippen molar-refractivity contribution in [2.24, 2.45) is 4.99 Å². The van der Waals surface area contributed by atoms with Crippen LogP contribution < -0.4 is 5.32 Å². The second kappa shape index (κ2) is 6.70. The lowest BCUT2D eigenvalue weighted by Gasteiger charge is -2.01. The molecule has 0 saturated heterocycles. The molecule has 0 bridgehead atoms. The van der Waals surface area contributed by atoms with Gasteiger partial charge in [-0.25, -0.2) is 0 Å². The van der Waals surface area contributed by atoms with E-state index in [1.807, 2.05) is 30.3 Å². The van der Waals surface area contributed by atoms with Crippen molar-refractivity contribution in [3.05, 3.63) is 35.9 Å². The van der Waals surface area contributed by atoms with Gasteiger partial charge in [0.15, 0.2) is 11.0 Å². The Bertz CT molecular complexity index is 381. The molecule has 86 valence electrons. The average Bonchev–Trinajstić information content (AvgIpc) is 2.80. The molecule has 1 aromatic rings. The fraction of sp³-hybridized carbons (Fsp3) is 0.273. The van der Waals surface area contributed by atoms with Crippen LogP contribution in [-0.2, 0) is 0 Å². The summed E-state index contributed by atoms with van der Waals surface area (Å²) in [4.78, 5) is 15.9. The zero-order chi connectivity index (χ0) is 10.5. The molecule has 2 rings (SSSR count). The molecule has 5 heteroatoms. The van der Waals surface area contributed by atoms with E-state index in [0.717, 1.165) is 23.8 Å². The number of hydrogen-bond donors (Lipinski definition) is 1. The Balaban J connectivity index is 0.00000128. The van der Waals surface area contributed by atoms with Crippen LogP contribution in [0.3, 0.4) is 0 Å². The van der Waals surface area contributed by atoms with Gasteiger partial charge >= 0.3 is 0 Å². The van der Waals surface area contributed by atoms with Crippen LogP contribution in [0.25, 0.3) is 0 Å². The minimum atomic E-state index is 0. The number of thioether (sulfide) groups is 1. The second-order valence-corrected chi connectivity index (χ2v) is 4.16. The molecule has 0 aliphatic carbocycles. The number of hydrogen-bond acceptors (Lipinski definition) is 4. The molecule has 0 fully saturated rings. The normalized spacial score (nSPS) is 13.6. The summed E-state index contributed by atoms with van der Waals surface area (Å²) in [5.41, 5.74) is 0.767. The third-order valence-electron chi connectivity index (χ3n) is 2.08. The topological polar surface area (TPSA) is 41.5 Å². The Hall–Kier alpha value is -0.810. The Morgan fingerprint density at radius 2 is 2.12 bits per heavy atom. The van der Waals surface area contributed by atoms with Gasteiger partial charge in [-0.2, -0.15) is 0 Å². The average molecular weight is 301 g/mol. The third kappa shape index (κ3) is 3.64. The minimum Gasteiger partial charge on any atom is -0.363 e. The van der Waals surface area contributed by atoms with Crippen molar-refractivity contribution in [2.75, 3.05) is 18.8 Å². The molecule has 0 atom stereocenters. The van der Waals surface area contributed by atoms with Crippen molar-refractivity contribution in [1.82, 2.24) is 5.32 Å². The number of carbonyl (C=O) groups is 1. The lowest BCUT2D eigenvalue weighted by Crippen LogP contribution is -2.17. The lowest BCUT2D eigenvalue weighted by molar-refractivity contribution is 0.102. The van der Waals surface area contributed by atoms with E-state index in [4.69, 9.17) is 0 Å². The van der Waals surface area contributed by atoms with Crippen LogP contribution in [-0.4, -0.2) is 29.8 Å². The summed E-state index contributed by atoms with van der Waals surface area (Å²) < 4.78 is 0. The molecule has 16 heavy (non-hydrogen) atoms. The van der Waals surface area contributed by atoms with Gasteiger partial charge in [-0.1, -0.05) is 42.1 Å². The minimum absolute atomic E-state index is 0. The maximum absolute atomic E-state index is 11.7. The summed E-state index contributed by atoms with van der Waals surface area (Å²) in [5.74, 6) is 0.604. The molecule has 1 N–H and O–H groups in total. The predicted molar refractivity (Wildman–Crippen MR) is 73.9 cm³/mol. The van der Waals surface area contributed by atoms with Crippen molar-refractivity contribution in [1.29, 1.82) is 0 Å². The molecule has 0 unspecified atom stereocenters. The highest BCUT2D eigenvalue weighted by atomic mass is 79.9. The number of aliphatic imine (C=N–C) groups is 1. The van der Waals surface area contributed by atoms with Crippen LogP contribution in [0, 0.1) is 0 Å². The monoisotopic (exact) mass is 300 g/mol. The van der Waals surface area contributed by atoms with E-state index in [1.165, 1.54) is 11.8 Å². The first-order chi connectivity index (χ1) is 7.36. The molecule has 0 amide bonds. The summed E-state index contributed by atoms with van der Waals surface area (Å²) in [5, 5.41) is 4.01. The highest BCUT2D eigenvalue weighted by Crippen LogP contribution is 2.09. The number of rotatable bonds is 3. The van der Waals surface area contributed by atoms with Gasteiger partial charge in [0.05, 0.1) is 12.3 Å². The molecule has 1 heterocycles. The largest absolute Gasteiger partial charge is 0.363 e. The smallest absolute Gasteiger partial charge is 0.173 e. The maximum Gasteiger partial charge on any atom is 0.173 e. The molecule has 1 aliphatic heterocycles. The fourth-order valence-electron chi connectivity index (χ4n) is 1.31. The van der Waals surface area contributed by atoms with Crippen molar-refractivity contribution in [3.63, 3.8) is 0 Å². The highest BCUT2D eigenvalue weighted by Gasteiger charge is 2.10. The van der Waals surface area contributed by atoms with Crippen molar-refractivity contribution in [2.45, 2.75) is 0 Å². The first kappa shape index (κ1) is 13.3. The van der Waals surface area contributed by atoms with Gasteiger partial charge in [0, 0.05) is 12.1 Å². The quantitative estimate of drug-likeness (QED) is 0.870. The van der Waals surface area contributed by atoms with Crippen LogP contribution in [0.15, 0.2) is 35.3 Å². The van der Waals surface area contributed by atoms with Gasteiger partial charge in [-0.3, -0.25) is 9.79 Å². The number of Topliss-reactive ketones (excluding diaryl/α,β-unsaturated/α-hetero) is 1. The number of nitrogens with one attached hydrogen (secondary N) is 1. The molecule has 1 aromatic carbocycles. The molecular formula is C11H13BrN2OS. The Morgan fingerprint density at radius 3 is 2.75 bits per heavy atom. The zero-order valence-corrected chi connectivity index (χ0v) is 11.2. The van der Waals surface area contributed by atoms with Gasteiger partial charge in [0.25, 0.3) is 0 Å². The van der Waals surface area contributed by atoms with Crippen molar-refractivity contribution >= 4 is 39.7 Å². The van der Waals surface area contributed by atoms with Crippen LogP contribution in [0.4, 0.5) is 0 Å². The summed E-state index contributed by atoms with van der Waals surface area (Å²) in [6, 6.07) is 9.35. The standard InChI is InChI=1S/C11H12N2OS.BrH/c14-10(9-4-2-1-3-5-9)8-15-11-12-6-7-13-11;/h1-5H,6-8H2,(H,12,13);1H. The maximum atomic E-state index is 11.7. The Labute approximate surface area is 109 Å². The van der Waals surface area contributed by atoms with Gasteiger partial charge in [-0.15, -0.1) is 17.0 Å².